The van der Waals surface area contributed by atoms with E-state index in [0.717, 1.165) is 6.54 Å². The number of halogens is 2. The highest BCUT2D eigenvalue weighted by molar-refractivity contribution is 14.1. The standard InChI is InChI=1S/C6H12FIN2/c1-9-3-5(7)6(4-9)10(2)8/h5-6H,3-4H2,1-2H3/t5-,6?/m0/s1. The van der Waals surface area contributed by atoms with E-state index in [9.17, 15) is 4.39 Å². The molecule has 0 radical (unpaired) electrons. The molecule has 1 fully saturated rings. The number of hydrogen-bond donors (Lipinski definition) is 0. The van der Waals surface area contributed by atoms with Gasteiger partial charge >= 0.3 is 0 Å². The number of likely N-dealkylation sites (tertiary alicyclic amines) is 1. The Morgan fingerprint density at radius 2 is 2.20 bits per heavy atom. The Balaban J connectivity index is 2.46. The minimum atomic E-state index is -0.674. The molecule has 2 nitrogen and oxygen atoms in total. The second-order valence-electron chi connectivity index (χ2n) is 2.83. The molecule has 0 aromatic rings. The SMILES string of the molecule is CN1CC(N(C)I)[C@@H](F)C1. The highest BCUT2D eigenvalue weighted by Crippen LogP contribution is 2.18. The van der Waals surface area contributed by atoms with Crippen molar-refractivity contribution in [2.45, 2.75) is 12.2 Å². The van der Waals surface area contributed by atoms with Gasteiger partial charge in [-0.25, -0.2) is 7.50 Å². The zero-order valence-corrected chi connectivity index (χ0v) is 8.38. The molecule has 1 aliphatic heterocycles. The molecular weight excluding hydrogens is 246 g/mol. The second kappa shape index (κ2) is 3.32. The quantitative estimate of drug-likeness (QED) is 0.509. The smallest absolute Gasteiger partial charge is 0.130 e. The van der Waals surface area contributed by atoms with Gasteiger partial charge in [0.15, 0.2) is 0 Å². The number of likely N-dealkylation sites (N-methyl/N-ethyl adjacent to an activating group) is 2. The molecule has 0 spiro atoms. The van der Waals surface area contributed by atoms with E-state index in [1.807, 2.05) is 22.1 Å². The van der Waals surface area contributed by atoms with Gasteiger partial charge in [0, 0.05) is 36.0 Å². The first-order valence-electron chi connectivity index (χ1n) is 3.32. The lowest BCUT2D eigenvalue weighted by Crippen LogP contribution is -2.31. The summed E-state index contributed by atoms with van der Waals surface area (Å²) < 4.78 is 14.9. The molecule has 0 N–H and O–H groups in total. The van der Waals surface area contributed by atoms with Crippen molar-refractivity contribution < 1.29 is 4.39 Å². The molecule has 1 heterocycles. The van der Waals surface area contributed by atoms with Crippen molar-refractivity contribution in [2.75, 3.05) is 27.2 Å². The highest BCUT2D eigenvalue weighted by atomic mass is 127. The van der Waals surface area contributed by atoms with E-state index in [-0.39, 0.29) is 6.04 Å². The summed E-state index contributed by atoms with van der Waals surface area (Å²) >= 11 is 2.14. The first-order chi connectivity index (χ1) is 4.61. The molecule has 0 aliphatic carbocycles. The average Bonchev–Trinajstić information content (AvgIpc) is 2.10. The zero-order chi connectivity index (χ0) is 7.72. The summed E-state index contributed by atoms with van der Waals surface area (Å²) in [5.41, 5.74) is 0. The number of hydrogen-bond acceptors (Lipinski definition) is 2. The van der Waals surface area contributed by atoms with Crippen LogP contribution in [0.1, 0.15) is 0 Å². The Kier molecular flexibility index (Phi) is 2.88. The Labute approximate surface area is 74.9 Å². The Morgan fingerprint density at radius 1 is 1.60 bits per heavy atom. The largest absolute Gasteiger partial charge is 0.302 e. The number of rotatable bonds is 1. The molecule has 1 aliphatic rings. The van der Waals surface area contributed by atoms with Gasteiger partial charge in [0.05, 0.1) is 6.04 Å². The van der Waals surface area contributed by atoms with Crippen molar-refractivity contribution in [2.24, 2.45) is 0 Å². The topological polar surface area (TPSA) is 6.48 Å². The van der Waals surface area contributed by atoms with Crippen LogP contribution in [0.5, 0.6) is 0 Å². The number of nitrogens with zero attached hydrogens (tertiary/aromatic N) is 2. The van der Waals surface area contributed by atoms with Crippen LogP contribution in [0.4, 0.5) is 4.39 Å². The van der Waals surface area contributed by atoms with Crippen LogP contribution in [0.2, 0.25) is 0 Å². The van der Waals surface area contributed by atoms with Gasteiger partial charge in [-0.05, 0) is 14.1 Å². The third kappa shape index (κ3) is 1.79. The minimum absolute atomic E-state index is 0.0885. The predicted octanol–water partition coefficient (Wildman–Crippen LogP) is 0.920. The summed E-state index contributed by atoms with van der Waals surface area (Å²) in [6, 6.07) is 0.0885. The molecule has 0 aromatic carbocycles. The molecule has 0 aromatic heterocycles. The average molecular weight is 258 g/mol. The molecule has 0 saturated carbocycles. The molecule has 1 unspecified atom stereocenters. The van der Waals surface area contributed by atoms with Gasteiger partial charge in [-0.15, -0.1) is 0 Å². The van der Waals surface area contributed by atoms with E-state index in [2.05, 4.69) is 22.9 Å². The maximum atomic E-state index is 13.0. The lowest BCUT2D eigenvalue weighted by atomic mass is 10.2. The molecular formula is C6H12FIN2. The van der Waals surface area contributed by atoms with Crippen molar-refractivity contribution in [3.8, 4) is 0 Å². The first-order valence-corrected chi connectivity index (χ1v) is 4.29. The predicted molar refractivity (Wildman–Crippen MR) is 48.0 cm³/mol. The van der Waals surface area contributed by atoms with Crippen LogP contribution >= 0.6 is 22.9 Å². The van der Waals surface area contributed by atoms with Crippen LogP contribution in [0.3, 0.4) is 0 Å². The summed E-state index contributed by atoms with van der Waals surface area (Å²) in [6.45, 7) is 1.43. The third-order valence-corrected chi connectivity index (χ3v) is 2.57. The normalized spacial score (nSPS) is 35.7. The summed E-state index contributed by atoms with van der Waals surface area (Å²) in [5.74, 6) is 0. The molecule has 0 amide bonds. The monoisotopic (exact) mass is 258 g/mol. The zero-order valence-electron chi connectivity index (χ0n) is 6.22. The van der Waals surface area contributed by atoms with Gasteiger partial charge in [0.1, 0.15) is 6.17 Å². The second-order valence-corrected chi connectivity index (χ2v) is 4.35. The summed E-state index contributed by atoms with van der Waals surface area (Å²) in [7, 11) is 3.86. The Morgan fingerprint density at radius 3 is 2.40 bits per heavy atom. The molecule has 60 valence electrons. The molecule has 0 bridgehead atoms. The Hall–Kier alpha value is 0.580. The number of alkyl halides is 1. The van der Waals surface area contributed by atoms with Gasteiger partial charge in [-0.1, -0.05) is 0 Å². The van der Waals surface area contributed by atoms with Gasteiger partial charge in [-0.2, -0.15) is 0 Å². The van der Waals surface area contributed by atoms with E-state index in [0.29, 0.717) is 6.54 Å². The van der Waals surface area contributed by atoms with Gasteiger partial charge in [-0.3, -0.25) is 0 Å². The van der Waals surface area contributed by atoms with Crippen LogP contribution < -0.4 is 0 Å². The van der Waals surface area contributed by atoms with Crippen LogP contribution in [-0.4, -0.2) is 47.4 Å². The van der Waals surface area contributed by atoms with E-state index in [1.165, 1.54) is 0 Å². The lowest BCUT2D eigenvalue weighted by Gasteiger charge is -2.17. The van der Waals surface area contributed by atoms with Crippen molar-refractivity contribution in [3.05, 3.63) is 0 Å². The van der Waals surface area contributed by atoms with Gasteiger partial charge in [0.25, 0.3) is 0 Å². The third-order valence-electron chi connectivity index (χ3n) is 1.86. The fourth-order valence-electron chi connectivity index (χ4n) is 1.26. The van der Waals surface area contributed by atoms with Crippen LogP contribution in [-0.2, 0) is 0 Å². The summed E-state index contributed by atoms with van der Waals surface area (Å²) in [4.78, 5) is 2.02. The first kappa shape index (κ1) is 8.67. The van der Waals surface area contributed by atoms with E-state index in [4.69, 9.17) is 0 Å². The maximum absolute atomic E-state index is 13.0. The van der Waals surface area contributed by atoms with Crippen LogP contribution in [0, 0.1) is 0 Å². The fourth-order valence-corrected chi connectivity index (χ4v) is 1.79. The molecule has 10 heavy (non-hydrogen) atoms. The maximum Gasteiger partial charge on any atom is 0.130 e. The van der Waals surface area contributed by atoms with Gasteiger partial charge < -0.3 is 4.90 Å². The molecule has 1 rings (SSSR count). The van der Waals surface area contributed by atoms with E-state index >= 15 is 0 Å². The van der Waals surface area contributed by atoms with Crippen LogP contribution in [0.15, 0.2) is 0 Å². The fraction of sp³-hybridized carbons (Fsp3) is 1.00. The van der Waals surface area contributed by atoms with Crippen molar-refractivity contribution in [3.63, 3.8) is 0 Å². The van der Waals surface area contributed by atoms with Crippen molar-refractivity contribution >= 4 is 22.9 Å². The lowest BCUT2D eigenvalue weighted by molar-refractivity contribution is 0.266. The highest BCUT2D eigenvalue weighted by Gasteiger charge is 2.32. The summed E-state index contributed by atoms with van der Waals surface area (Å²) in [5, 5.41) is 0. The molecule has 1 saturated heterocycles. The minimum Gasteiger partial charge on any atom is -0.302 e. The molecule has 2 atom stereocenters. The van der Waals surface area contributed by atoms with E-state index in [1.54, 1.807) is 0 Å². The van der Waals surface area contributed by atoms with Crippen molar-refractivity contribution in [1.29, 1.82) is 0 Å². The molecule has 4 heteroatoms. The van der Waals surface area contributed by atoms with E-state index < -0.39 is 6.17 Å². The summed E-state index contributed by atoms with van der Waals surface area (Å²) in [6.07, 6.45) is -0.674. The van der Waals surface area contributed by atoms with Gasteiger partial charge in [0.2, 0.25) is 0 Å². The Bertz CT molecular complexity index is 120. The van der Waals surface area contributed by atoms with Crippen LogP contribution in [0.25, 0.3) is 0 Å². The van der Waals surface area contributed by atoms with Crippen molar-refractivity contribution in [1.82, 2.24) is 8.01 Å².